The lowest BCUT2D eigenvalue weighted by molar-refractivity contribution is 0.0504. The van der Waals surface area contributed by atoms with Crippen molar-refractivity contribution in [1.29, 1.82) is 5.26 Å². The number of aliphatic hydroxyl groups excluding tert-OH is 1. The lowest BCUT2D eigenvalue weighted by Gasteiger charge is -2.43. The van der Waals surface area contributed by atoms with E-state index in [1.54, 1.807) is 45.9 Å². The van der Waals surface area contributed by atoms with Gasteiger partial charge in [-0.2, -0.15) is 5.26 Å². The summed E-state index contributed by atoms with van der Waals surface area (Å²) in [6, 6.07) is 9.15. The Morgan fingerprint density at radius 3 is 2.56 bits per heavy atom. The van der Waals surface area contributed by atoms with Gasteiger partial charge in [-0.05, 0) is 57.7 Å². The number of hydrogen-bond acceptors (Lipinski definition) is 5. The van der Waals surface area contributed by atoms with E-state index in [1.165, 1.54) is 0 Å². The minimum atomic E-state index is -3.73. The molecule has 0 radical (unpaired) electrons. The number of nitriles is 1. The van der Waals surface area contributed by atoms with Crippen molar-refractivity contribution in [2.75, 3.05) is 6.61 Å². The highest BCUT2D eigenvalue weighted by molar-refractivity contribution is 7.91. The van der Waals surface area contributed by atoms with Gasteiger partial charge in [0.1, 0.15) is 10.3 Å². The molecule has 0 spiro atoms. The normalized spacial score (nSPS) is 21.5. The maximum absolute atomic E-state index is 12.5. The van der Waals surface area contributed by atoms with Gasteiger partial charge in [0.15, 0.2) is 0 Å². The van der Waals surface area contributed by atoms with Gasteiger partial charge in [-0.3, -0.25) is 0 Å². The SMILES string of the molecule is CC1(C)OC(C[C@@H](CCO)c2cccc(C#N)c2)=NS(=O)(=O)C1(C)C. The Morgan fingerprint density at radius 1 is 1.32 bits per heavy atom. The lowest BCUT2D eigenvalue weighted by Crippen LogP contribution is -2.56. The molecule has 2 rings (SSSR count). The fourth-order valence-electron chi connectivity index (χ4n) is 2.69. The van der Waals surface area contributed by atoms with Gasteiger partial charge in [-0.25, -0.2) is 8.42 Å². The second kappa shape index (κ2) is 6.77. The summed E-state index contributed by atoms with van der Waals surface area (Å²) in [5.74, 6) is -0.0469. The molecule has 0 bridgehead atoms. The van der Waals surface area contributed by atoms with Crippen molar-refractivity contribution in [2.45, 2.75) is 56.8 Å². The highest BCUT2D eigenvalue weighted by Crippen LogP contribution is 2.39. The summed E-state index contributed by atoms with van der Waals surface area (Å²) in [5.41, 5.74) is 0.432. The molecule has 1 aromatic rings. The molecule has 1 aliphatic rings. The van der Waals surface area contributed by atoms with Gasteiger partial charge >= 0.3 is 0 Å². The summed E-state index contributed by atoms with van der Waals surface area (Å²) in [6.07, 6.45) is 0.662. The molecule has 0 unspecified atom stereocenters. The van der Waals surface area contributed by atoms with Crippen LogP contribution in [0.1, 0.15) is 57.6 Å². The molecule has 136 valence electrons. The van der Waals surface area contributed by atoms with Crippen LogP contribution in [-0.2, 0) is 14.8 Å². The topological polar surface area (TPSA) is 99.8 Å². The average Bonchev–Trinajstić information content (AvgIpc) is 2.52. The zero-order valence-electron chi connectivity index (χ0n) is 15.0. The van der Waals surface area contributed by atoms with Crippen molar-refractivity contribution in [3.05, 3.63) is 35.4 Å². The quantitative estimate of drug-likeness (QED) is 0.866. The van der Waals surface area contributed by atoms with Crippen LogP contribution in [0.4, 0.5) is 0 Å². The first-order valence-electron chi connectivity index (χ1n) is 8.17. The van der Waals surface area contributed by atoms with Gasteiger partial charge in [0.05, 0.1) is 11.6 Å². The zero-order chi connectivity index (χ0) is 18.9. The first-order valence-corrected chi connectivity index (χ1v) is 9.61. The van der Waals surface area contributed by atoms with Crippen molar-refractivity contribution >= 4 is 15.9 Å². The van der Waals surface area contributed by atoms with Crippen LogP contribution in [0.15, 0.2) is 28.7 Å². The number of hydrogen-bond donors (Lipinski definition) is 1. The Hall–Kier alpha value is -1.91. The van der Waals surface area contributed by atoms with Gasteiger partial charge < -0.3 is 9.84 Å². The maximum atomic E-state index is 12.5. The van der Waals surface area contributed by atoms with E-state index in [9.17, 15) is 13.5 Å². The summed E-state index contributed by atoms with van der Waals surface area (Å²) in [4.78, 5) is 0. The van der Waals surface area contributed by atoms with Crippen molar-refractivity contribution in [1.82, 2.24) is 0 Å². The monoisotopic (exact) mass is 364 g/mol. The van der Waals surface area contributed by atoms with E-state index in [-0.39, 0.29) is 24.8 Å². The van der Waals surface area contributed by atoms with E-state index >= 15 is 0 Å². The average molecular weight is 364 g/mol. The maximum Gasteiger partial charge on any atom is 0.265 e. The van der Waals surface area contributed by atoms with E-state index in [2.05, 4.69) is 10.5 Å². The number of sulfonamides is 1. The summed E-state index contributed by atoms with van der Waals surface area (Å²) in [7, 11) is -3.73. The van der Waals surface area contributed by atoms with Crippen molar-refractivity contribution < 1.29 is 18.3 Å². The molecule has 1 heterocycles. The summed E-state index contributed by atoms with van der Waals surface area (Å²) in [5, 5.41) is 18.4. The summed E-state index contributed by atoms with van der Waals surface area (Å²) in [6.45, 7) is 6.61. The molecule has 1 atom stereocenters. The first-order chi connectivity index (χ1) is 11.5. The molecule has 0 saturated heterocycles. The van der Waals surface area contributed by atoms with Crippen molar-refractivity contribution in [3.8, 4) is 6.07 Å². The molecular weight excluding hydrogens is 340 g/mol. The van der Waals surface area contributed by atoms with Gasteiger partial charge in [0.25, 0.3) is 10.0 Å². The molecule has 0 saturated carbocycles. The van der Waals surface area contributed by atoms with E-state index < -0.39 is 20.4 Å². The second-order valence-corrected chi connectivity index (χ2v) is 9.39. The molecule has 1 aromatic carbocycles. The Kier molecular flexibility index (Phi) is 5.26. The lowest BCUT2D eigenvalue weighted by atomic mass is 9.90. The minimum absolute atomic E-state index is 0.0592. The molecule has 0 amide bonds. The number of rotatable bonds is 5. The van der Waals surface area contributed by atoms with E-state index in [0.717, 1.165) is 5.56 Å². The van der Waals surface area contributed by atoms with Crippen LogP contribution < -0.4 is 0 Å². The van der Waals surface area contributed by atoms with Crippen LogP contribution in [0.5, 0.6) is 0 Å². The minimum Gasteiger partial charge on any atom is -0.472 e. The van der Waals surface area contributed by atoms with E-state index in [4.69, 9.17) is 10.00 Å². The molecular formula is C18H24N2O4S. The van der Waals surface area contributed by atoms with Gasteiger partial charge in [-0.15, -0.1) is 4.40 Å². The van der Waals surface area contributed by atoms with Crippen molar-refractivity contribution in [2.24, 2.45) is 4.40 Å². The predicted octanol–water partition coefficient (Wildman–Crippen LogP) is 2.73. The van der Waals surface area contributed by atoms with E-state index in [0.29, 0.717) is 12.0 Å². The van der Waals surface area contributed by atoms with Crippen LogP contribution in [0.2, 0.25) is 0 Å². The highest BCUT2D eigenvalue weighted by atomic mass is 32.2. The summed E-state index contributed by atoms with van der Waals surface area (Å²) < 4.78 is 33.7. The molecule has 25 heavy (non-hydrogen) atoms. The molecule has 0 aliphatic carbocycles. The smallest absolute Gasteiger partial charge is 0.265 e. The van der Waals surface area contributed by atoms with Crippen LogP contribution in [-0.4, -0.2) is 36.4 Å². The second-order valence-electron chi connectivity index (χ2n) is 7.23. The molecule has 1 aliphatic heterocycles. The van der Waals surface area contributed by atoms with Crippen molar-refractivity contribution in [3.63, 3.8) is 0 Å². The zero-order valence-corrected chi connectivity index (χ0v) is 15.8. The number of benzene rings is 1. The van der Waals surface area contributed by atoms with Crippen LogP contribution >= 0.6 is 0 Å². The largest absolute Gasteiger partial charge is 0.472 e. The van der Waals surface area contributed by atoms with Crippen LogP contribution in [0.3, 0.4) is 0 Å². The van der Waals surface area contributed by atoms with Gasteiger partial charge in [0, 0.05) is 13.0 Å². The van der Waals surface area contributed by atoms with Gasteiger partial charge in [0.2, 0.25) is 5.90 Å². The summed E-state index contributed by atoms with van der Waals surface area (Å²) >= 11 is 0. The Labute approximate surface area is 149 Å². The number of ether oxygens (including phenoxy) is 1. The molecule has 0 fully saturated rings. The third-order valence-electron chi connectivity index (χ3n) is 5.08. The molecule has 7 heteroatoms. The fraction of sp³-hybridized carbons (Fsp3) is 0.556. The number of nitrogens with zero attached hydrogens (tertiary/aromatic N) is 2. The number of aliphatic hydroxyl groups is 1. The Balaban J connectivity index is 2.37. The standard InChI is InChI=1S/C18H24N2O4S/c1-17(2)18(3,4)25(22,23)20-16(24-17)11-15(8-9-21)14-7-5-6-13(10-14)12-19/h5-7,10,15,21H,8-9,11H2,1-4H3/t15-/m1/s1. The van der Waals surface area contributed by atoms with Gasteiger partial charge in [-0.1, -0.05) is 12.1 Å². The van der Waals surface area contributed by atoms with E-state index in [1.807, 2.05) is 6.07 Å². The molecule has 0 aromatic heterocycles. The third kappa shape index (κ3) is 3.70. The molecule has 1 N–H and O–H groups in total. The van der Waals surface area contributed by atoms with Crippen LogP contribution in [0, 0.1) is 11.3 Å². The Bertz CT molecular complexity index is 820. The highest BCUT2D eigenvalue weighted by Gasteiger charge is 2.53. The predicted molar refractivity (Wildman–Crippen MR) is 95.8 cm³/mol. The fourth-order valence-corrected chi connectivity index (χ4v) is 3.96. The molecule has 6 nitrogen and oxygen atoms in total. The third-order valence-corrected chi connectivity index (χ3v) is 7.30. The first kappa shape index (κ1) is 19.4. The van der Waals surface area contributed by atoms with Crippen LogP contribution in [0.25, 0.3) is 0 Å². The Morgan fingerprint density at radius 2 is 2.00 bits per heavy atom.